The lowest BCUT2D eigenvalue weighted by Gasteiger charge is -2.39. The van der Waals surface area contributed by atoms with Crippen LogP contribution in [0.25, 0.3) is 0 Å². The van der Waals surface area contributed by atoms with Crippen molar-refractivity contribution in [2.45, 2.75) is 0 Å². The summed E-state index contributed by atoms with van der Waals surface area (Å²) < 4.78 is 0. The molecule has 21 heavy (non-hydrogen) atoms. The monoisotopic (exact) mass is 685 g/mol. The highest BCUT2D eigenvalue weighted by Crippen LogP contribution is 2.66. The number of hydrogen-bond acceptors (Lipinski definition) is 0. The summed E-state index contributed by atoms with van der Waals surface area (Å²) in [5, 5.41) is 0. The molecule has 0 aliphatic carbocycles. The summed E-state index contributed by atoms with van der Waals surface area (Å²) in [6, 6.07) is 0. The fraction of sp³-hybridized carbons (Fsp3) is 0. The third kappa shape index (κ3) is 3.02. The van der Waals surface area contributed by atoms with E-state index in [9.17, 15) is 0 Å². The normalized spacial score (nSPS) is 34.0. The van der Waals surface area contributed by atoms with Gasteiger partial charge < -0.3 is 0 Å². The van der Waals surface area contributed by atoms with Crippen LogP contribution in [0.4, 0.5) is 0 Å². The minimum atomic E-state index is -3.93. The van der Waals surface area contributed by atoms with Crippen molar-refractivity contribution in [3.63, 3.8) is 0 Å². The first kappa shape index (κ1) is 24.6. The molecular weight excluding hydrogens is 693 g/mol. The Balaban J connectivity index is 3.97. The van der Waals surface area contributed by atoms with E-state index < -0.39 is 40.1 Å². The van der Waals surface area contributed by atoms with Crippen LogP contribution < -0.4 is 0 Å². The minimum Gasteiger partial charge on any atom is -0.148 e. The van der Waals surface area contributed by atoms with E-state index in [2.05, 4.69) is 0 Å². The van der Waals surface area contributed by atoms with Gasteiger partial charge in [0.05, 0.1) is 0 Å². The molecule has 1 aliphatic rings. The Morgan fingerprint density at radius 1 is 0.190 bits per heavy atom. The van der Waals surface area contributed by atoms with Crippen molar-refractivity contribution >= 4 is 195 Å². The van der Waals surface area contributed by atoms with E-state index in [0.717, 1.165) is 0 Å². The lowest BCUT2D eigenvalue weighted by molar-refractivity contribution is 3.20. The maximum Gasteiger partial charge on any atom is 0.295 e. The van der Waals surface area contributed by atoms with Crippen LogP contribution in [0.2, 0.25) is 0 Å². The van der Waals surface area contributed by atoms with E-state index in [-0.39, 0.29) is 0 Å². The van der Waals surface area contributed by atoms with E-state index in [1.807, 2.05) is 0 Å². The SMILES string of the molecule is Cl[Si]1(Cl)[Si](Cl)(Cl)[Si](Cl)(Cl)[Si](Cl)(Cl)[Si](Cl)(Cl)[Si](Cl)(Cl)[Si]1(Cl)Cl. The molecule has 1 rings (SSSR count). The highest BCUT2D eigenvalue weighted by Gasteiger charge is 2.95. The van der Waals surface area contributed by atoms with E-state index in [4.69, 9.17) is 155 Å². The molecular formula is Cl14Si7. The second-order valence-electron chi connectivity index (χ2n) is 4.02. The van der Waals surface area contributed by atoms with Gasteiger partial charge in [-0.2, -0.15) is 0 Å². The van der Waals surface area contributed by atoms with Gasteiger partial charge in [-0.05, 0) is 0 Å². The van der Waals surface area contributed by atoms with Gasteiger partial charge in [0, 0.05) is 0 Å². The zero-order valence-corrected chi connectivity index (χ0v) is 26.4. The molecule has 21 heteroatoms. The standard InChI is InChI=1S/Cl14Si7/c1-15(2)16(3,4)18(7,8)20(11,12)21(13,14)19(9,10)17(15,5)6. The van der Waals surface area contributed by atoms with E-state index in [1.54, 1.807) is 0 Å². The lowest BCUT2D eigenvalue weighted by atomic mass is 26.1. The number of rotatable bonds is 0. The fourth-order valence-corrected chi connectivity index (χ4v) is 335. The van der Waals surface area contributed by atoms with Crippen LogP contribution in [-0.2, 0) is 0 Å². The van der Waals surface area contributed by atoms with E-state index in [0.29, 0.717) is 0 Å². The Kier molecular flexibility index (Phi) is 8.00. The molecule has 0 nitrogen and oxygen atoms in total. The van der Waals surface area contributed by atoms with Crippen LogP contribution >= 0.6 is 155 Å². The van der Waals surface area contributed by atoms with Gasteiger partial charge in [0.2, 0.25) is 0 Å². The maximum atomic E-state index is 6.42. The van der Waals surface area contributed by atoms with Gasteiger partial charge in [0.15, 0.2) is 0 Å². The molecule has 0 N–H and O–H groups in total. The van der Waals surface area contributed by atoms with Gasteiger partial charge in [-0.15, -0.1) is 155 Å². The molecule has 1 heterocycles. The van der Waals surface area contributed by atoms with Crippen molar-refractivity contribution < 1.29 is 0 Å². The highest BCUT2D eigenvalue weighted by atomic mass is 35.8. The number of halogens is 14. The molecule has 0 bridgehead atoms. The van der Waals surface area contributed by atoms with Crippen LogP contribution in [-0.4, -0.2) is 40.1 Å². The molecule has 0 atom stereocenters. The van der Waals surface area contributed by atoms with Crippen LogP contribution in [0.3, 0.4) is 0 Å². The van der Waals surface area contributed by atoms with E-state index >= 15 is 0 Å². The smallest absolute Gasteiger partial charge is 0.148 e. The summed E-state index contributed by atoms with van der Waals surface area (Å²) in [6.07, 6.45) is 0. The van der Waals surface area contributed by atoms with Crippen molar-refractivity contribution in [3.8, 4) is 0 Å². The van der Waals surface area contributed by atoms with Gasteiger partial charge in [0.1, 0.15) is 0 Å². The molecule has 0 aromatic carbocycles. The first-order chi connectivity index (χ1) is 8.75. The Hall–Kier alpha value is 5.58. The molecule has 0 spiro atoms. The van der Waals surface area contributed by atoms with Gasteiger partial charge in [-0.3, -0.25) is 0 Å². The highest BCUT2D eigenvalue weighted by molar-refractivity contribution is 8.52. The second kappa shape index (κ2) is 6.83. The Labute approximate surface area is 192 Å². The van der Waals surface area contributed by atoms with Crippen molar-refractivity contribution in [1.82, 2.24) is 0 Å². The molecule has 0 aromatic heterocycles. The summed E-state index contributed by atoms with van der Waals surface area (Å²) in [7, 11) is 0. The summed E-state index contributed by atoms with van der Waals surface area (Å²) in [6.45, 7) is 0. The fourth-order valence-electron chi connectivity index (χ4n) is 1.38. The maximum absolute atomic E-state index is 6.42. The molecule has 0 aromatic rings. The molecule has 0 amide bonds. The third-order valence-corrected chi connectivity index (χ3v) is 224. The summed E-state index contributed by atoms with van der Waals surface area (Å²) in [4.78, 5) is 0. The third-order valence-electron chi connectivity index (χ3n) is 2.76. The second-order valence-corrected chi connectivity index (χ2v) is 109. The first-order valence-corrected chi connectivity index (χ1v) is 39.6. The van der Waals surface area contributed by atoms with Crippen LogP contribution in [0, 0.1) is 0 Å². The molecule has 1 fully saturated rings. The number of hydrogen-bond donors (Lipinski definition) is 0. The van der Waals surface area contributed by atoms with Crippen LogP contribution in [0.1, 0.15) is 0 Å². The zero-order chi connectivity index (χ0) is 17.5. The van der Waals surface area contributed by atoms with E-state index in [1.165, 1.54) is 0 Å². The lowest BCUT2D eigenvalue weighted by Crippen LogP contribution is -2.76. The molecule has 1 saturated heterocycles. The summed E-state index contributed by atoms with van der Waals surface area (Å²) in [5.74, 6) is 0. The van der Waals surface area contributed by atoms with Gasteiger partial charge in [0.25, 0.3) is 40.1 Å². The van der Waals surface area contributed by atoms with Crippen molar-refractivity contribution in [3.05, 3.63) is 0 Å². The quantitative estimate of drug-likeness (QED) is 0.190. The first-order valence-electron chi connectivity index (χ1n) is 4.40. The Morgan fingerprint density at radius 2 is 0.238 bits per heavy atom. The predicted octanol–water partition coefficient (Wildman–Crippen LogP) is 6.99. The molecule has 0 radical (unpaired) electrons. The van der Waals surface area contributed by atoms with Crippen LogP contribution in [0.15, 0.2) is 0 Å². The topological polar surface area (TPSA) is 0 Å². The zero-order valence-electron chi connectivity index (χ0n) is 8.79. The minimum absolute atomic E-state index is 3.93. The van der Waals surface area contributed by atoms with Gasteiger partial charge in [-0.25, -0.2) is 0 Å². The predicted molar refractivity (Wildman–Crippen MR) is 122 cm³/mol. The molecule has 0 saturated carbocycles. The molecule has 1 aliphatic heterocycles. The van der Waals surface area contributed by atoms with Crippen molar-refractivity contribution in [2.24, 2.45) is 0 Å². The van der Waals surface area contributed by atoms with Gasteiger partial charge in [-0.1, -0.05) is 0 Å². The average molecular weight is 693 g/mol. The summed E-state index contributed by atoms with van der Waals surface area (Å²) in [5.41, 5.74) is -27.5. The molecule has 126 valence electrons. The largest absolute Gasteiger partial charge is 0.295 e. The van der Waals surface area contributed by atoms with Crippen LogP contribution in [0.5, 0.6) is 0 Å². The Morgan fingerprint density at radius 3 is 0.286 bits per heavy atom. The summed E-state index contributed by atoms with van der Waals surface area (Å²) >= 11 is 89.9. The van der Waals surface area contributed by atoms with Crippen molar-refractivity contribution in [1.29, 1.82) is 0 Å². The van der Waals surface area contributed by atoms with Crippen molar-refractivity contribution in [2.75, 3.05) is 0 Å². The molecule has 0 unspecified atom stereocenters. The van der Waals surface area contributed by atoms with Gasteiger partial charge >= 0.3 is 0 Å². The average Bonchev–Trinajstić information content (AvgIpc) is 2.26. The Bertz CT molecular complexity index is 298.